The highest BCUT2D eigenvalue weighted by Crippen LogP contribution is 2.44. The van der Waals surface area contributed by atoms with E-state index in [9.17, 15) is 4.79 Å². The minimum Gasteiger partial charge on any atom is -0.361 e. The molecule has 0 spiro atoms. The number of aromatic nitrogens is 1. The van der Waals surface area contributed by atoms with Crippen molar-refractivity contribution < 1.29 is 4.79 Å². The average Bonchev–Trinajstić information content (AvgIpc) is 2.98. The van der Waals surface area contributed by atoms with Crippen LogP contribution in [0.4, 0.5) is 0 Å². The number of amides is 1. The molecule has 1 saturated heterocycles. The summed E-state index contributed by atoms with van der Waals surface area (Å²) in [5, 5.41) is 4.22. The summed E-state index contributed by atoms with van der Waals surface area (Å²) >= 11 is 0. The maximum atomic E-state index is 12.4. The predicted molar refractivity (Wildman–Crippen MR) is 91.1 cm³/mol. The van der Waals surface area contributed by atoms with Crippen LogP contribution in [0.25, 0.3) is 10.9 Å². The first-order valence-electron chi connectivity index (χ1n) is 8.19. The van der Waals surface area contributed by atoms with Crippen molar-refractivity contribution in [1.29, 1.82) is 0 Å². The van der Waals surface area contributed by atoms with Crippen LogP contribution >= 0.6 is 0 Å². The van der Waals surface area contributed by atoms with E-state index in [-0.39, 0.29) is 11.8 Å². The monoisotopic (exact) mass is 307 g/mol. The van der Waals surface area contributed by atoms with Crippen molar-refractivity contribution in [3.8, 4) is 12.3 Å². The predicted octanol–water partition coefficient (Wildman–Crippen LogP) is 1.88. The second-order valence-corrected chi connectivity index (χ2v) is 6.76. The number of piperidine rings is 1. The van der Waals surface area contributed by atoms with Crippen LogP contribution in [0.15, 0.2) is 24.4 Å². The van der Waals surface area contributed by atoms with Crippen LogP contribution in [0.3, 0.4) is 0 Å². The van der Waals surface area contributed by atoms with Crippen LogP contribution in [0, 0.1) is 18.3 Å². The highest BCUT2D eigenvalue weighted by molar-refractivity contribution is 5.88. The van der Waals surface area contributed by atoms with Gasteiger partial charge in [-0.25, -0.2) is 0 Å². The number of aromatic amines is 1. The Morgan fingerprint density at radius 1 is 1.52 bits per heavy atom. The van der Waals surface area contributed by atoms with E-state index >= 15 is 0 Å². The van der Waals surface area contributed by atoms with Gasteiger partial charge in [0, 0.05) is 35.6 Å². The number of likely N-dealkylation sites (tertiary alicyclic amines) is 1. The fourth-order valence-electron chi connectivity index (χ4n) is 4.41. The molecule has 1 aromatic carbocycles. The molecule has 0 radical (unpaired) electrons. The van der Waals surface area contributed by atoms with Gasteiger partial charge in [0.1, 0.15) is 0 Å². The Morgan fingerprint density at radius 3 is 3.22 bits per heavy atom. The van der Waals surface area contributed by atoms with Gasteiger partial charge in [0.05, 0.1) is 12.5 Å². The number of H-pyrrole nitrogens is 1. The van der Waals surface area contributed by atoms with Crippen LogP contribution in [-0.2, 0) is 11.2 Å². The molecule has 1 unspecified atom stereocenters. The van der Waals surface area contributed by atoms with Crippen molar-refractivity contribution in [1.82, 2.24) is 15.2 Å². The van der Waals surface area contributed by atoms with Gasteiger partial charge in [0.25, 0.3) is 0 Å². The molecule has 0 saturated carbocycles. The number of hydrogen-bond donors (Lipinski definition) is 2. The summed E-state index contributed by atoms with van der Waals surface area (Å²) in [6, 6.07) is 6.95. The molecule has 2 N–H and O–H groups in total. The maximum absolute atomic E-state index is 12.4. The van der Waals surface area contributed by atoms with Gasteiger partial charge < -0.3 is 15.2 Å². The number of rotatable bonds is 2. The molecule has 4 heteroatoms. The van der Waals surface area contributed by atoms with Gasteiger partial charge in [-0.3, -0.25) is 4.79 Å². The quantitative estimate of drug-likeness (QED) is 0.832. The number of carbonyl (C=O) groups excluding carboxylic acids is 1. The molecule has 2 aliphatic rings. The van der Waals surface area contributed by atoms with E-state index in [0.29, 0.717) is 18.5 Å². The van der Waals surface area contributed by atoms with Gasteiger partial charge in [0.2, 0.25) is 5.91 Å². The zero-order valence-corrected chi connectivity index (χ0v) is 13.3. The number of terminal acetylenes is 1. The highest BCUT2D eigenvalue weighted by atomic mass is 16.1. The van der Waals surface area contributed by atoms with E-state index < -0.39 is 0 Å². The van der Waals surface area contributed by atoms with E-state index in [0.717, 1.165) is 19.4 Å². The molecule has 4 rings (SSSR count). The van der Waals surface area contributed by atoms with Crippen LogP contribution in [0.2, 0.25) is 0 Å². The Morgan fingerprint density at radius 2 is 2.39 bits per heavy atom. The van der Waals surface area contributed by atoms with Crippen LogP contribution < -0.4 is 5.32 Å². The first-order chi connectivity index (χ1) is 11.2. The smallest absolute Gasteiger partial charge is 0.225 e. The van der Waals surface area contributed by atoms with Gasteiger partial charge in [0.15, 0.2) is 0 Å². The Hall–Kier alpha value is -2.25. The largest absolute Gasteiger partial charge is 0.361 e. The first kappa shape index (κ1) is 14.3. The van der Waals surface area contributed by atoms with Crippen molar-refractivity contribution in [2.24, 2.45) is 5.92 Å². The standard InChI is InChI=1S/C19H21N3O/c1-3-7-20-19(23)13-8-15-14-5-4-6-16-18(14)12(10-21-16)9-17(15)22(2)11-13/h1,4-6,10,13,15,17,21H,7-9,11H2,2H3,(H,20,23)/t13-,15?,17-/m1/s1. The molecule has 1 aromatic heterocycles. The topological polar surface area (TPSA) is 48.1 Å². The normalized spacial score (nSPS) is 26.5. The lowest BCUT2D eigenvalue weighted by atomic mass is 9.72. The van der Waals surface area contributed by atoms with E-state index in [1.54, 1.807) is 0 Å². The molecule has 1 fully saturated rings. The Bertz CT molecular complexity index is 801. The van der Waals surface area contributed by atoms with Gasteiger partial charge in [-0.15, -0.1) is 6.42 Å². The lowest BCUT2D eigenvalue weighted by Gasteiger charge is -2.45. The zero-order valence-electron chi connectivity index (χ0n) is 13.3. The minimum absolute atomic E-state index is 0.00495. The van der Waals surface area contributed by atoms with Crippen LogP contribution in [-0.4, -0.2) is 42.0 Å². The molecule has 3 atom stereocenters. The van der Waals surface area contributed by atoms with Crippen molar-refractivity contribution in [2.75, 3.05) is 20.1 Å². The number of likely N-dealkylation sites (N-methyl/N-ethyl adjacent to an activating group) is 1. The summed E-state index contributed by atoms with van der Waals surface area (Å²) in [5.74, 6) is 2.97. The van der Waals surface area contributed by atoms with E-state index in [1.807, 2.05) is 0 Å². The van der Waals surface area contributed by atoms with Crippen molar-refractivity contribution in [3.63, 3.8) is 0 Å². The fraction of sp³-hybridized carbons (Fsp3) is 0.421. The molecule has 23 heavy (non-hydrogen) atoms. The number of nitrogens with one attached hydrogen (secondary N) is 2. The molecule has 2 aromatic rings. The molecule has 0 bridgehead atoms. The van der Waals surface area contributed by atoms with E-state index in [1.165, 1.54) is 22.0 Å². The molecule has 4 nitrogen and oxygen atoms in total. The number of benzene rings is 1. The second-order valence-electron chi connectivity index (χ2n) is 6.76. The summed E-state index contributed by atoms with van der Waals surface area (Å²) in [6.07, 6.45) is 9.35. The molecular formula is C19H21N3O. The summed E-state index contributed by atoms with van der Waals surface area (Å²) in [7, 11) is 2.13. The maximum Gasteiger partial charge on any atom is 0.225 e. The van der Waals surface area contributed by atoms with Gasteiger partial charge in [-0.2, -0.15) is 0 Å². The van der Waals surface area contributed by atoms with Gasteiger partial charge >= 0.3 is 0 Å². The van der Waals surface area contributed by atoms with Crippen molar-refractivity contribution in [2.45, 2.75) is 24.8 Å². The molecule has 118 valence electrons. The Balaban J connectivity index is 1.68. The highest BCUT2D eigenvalue weighted by Gasteiger charge is 2.41. The SMILES string of the molecule is C#CCNC(=O)[C@@H]1CC2c3cccc4[nH]cc(c34)C[C@H]2N(C)C1. The summed E-state index contributed by atoms with van der Waals surface area (Å²) in [4.78, 5) is 18.1. The van der Waals surface area contributed by atoms with E-state index in [2.05, 4.69) is 52.6 Å². The second kappa shape index (κ2) is 5.43. The molecular weight excluding hydrogens is 286 g/mol. The zero-order chi connectivity index (χ0) is 16.0. The molecule has 1 aliphatic carbocycles. The lowest BCUT2D eigenvalue weighted by Crippen LogP contribution is -2.51. The van der Waals surface area contributed by atoms with Crippen molar-refractivity contribution >= 4 is 16.8 Å². The third-order valence-electron chi connectivity index (χ3n) is 5.46. The van der Waals surface area contributed by atoms with E-state index in [4.69, 9.17) is 6.42 Å². The Labute approximate surface area is 136 Å². The lowest BCUT2D eigenvalue weighted by molar-refractivity contribution is -0.127. The summed E-state index contributed by atoms with van der Waals surface area (Å²) < 4.78 is 0. The number of hydrogen-bond acceptors (Lipinski definition) is 2. The number of fused-ring (bicyclic) bond motifs is 2. The Kier molecular flexibility index (Phi) is 3.39. The fourth-order valence-corrected chi connectivity index (χ4v) is 4.41. The summed E-state index contributed by atoms with van der Waals surface area (Å²) in [5.41, 5.74) is 3.99. The van der Waals surface area contributed by atoms with Crippen LogP contribution in [0.5, 0.6) is 0 Å². The molecule has 2 heterocycles. The number of carbonyl (C=O) groups is 1. The molecule has 1 amide bonds. The first-order valence-corrected chi connectivity index (χ1v) is 8.19. The third kappa shape index (κ3) is 2.24. The average molecular weight is 307 g/mol. The number of nitrogens with zero attached hydrogens (tertiary/aromatic N) is 1. The minimum atomic E-state index is 0.00495. The third-order valence-corrected chi connectivity index (χ3v) is 5.46. The summed E-state index contributed by atoms with van der Waals surface area (Å²) in [6.45, 7) is 1.11. The van der Waals surface area contributed by atoms with Gasteiger partial charge in [-0.1, -0.05) is 18.1 Å². The van der Waals surface area contributed by atoms with Gasteiger partial charge in [-0.05, 0) is 37.1 Å². The van der Waals surface area contributed by atoms with Crippen molar-refractivity contribution in [3.05, 3.63) is 35.5 Å². The van der Waals surface area contributed by atoms with Crippen LogP contribution in [0.1, 0.15) is 23.5 Å². The molecule has 1 aliphatic heterocycles.